The van der Waals surface area contributed by atoms with Crippen molar-refractivity contribution in [3.05, 3.63) is 53.1 Å². The Bertz CT molecular complexity index is 1100. The summed E-state index contributed by atoms with van der Waals surface area (Å²) in [4.78, 5) is 15.4. The van der Waals surface area contributed by atoms with E-state index in [0.717, 1.165) is 18.7 Å². The summed E-state index contributed by atoms with van der Waals surface area (Å²) in [6.45, 7) is 6.77. The van der Waals surface area contributed by atoms with E-state index < -0.39 is 10.0 Å². The molecule has 0 aliphatic carbocycles. The molecule has 186 valence electrons. The maximum absolute atomic E-state index is 13.1. The van der Waals surface area contributed by atoms with Crippen LogP contribution in [0.25, 0.3) is 0 Å². The molecule has 10 heteroatoms. The number of hydrogen-bond donors (Lipinski definition) is 2. The topological polar surface area (TPSA) is 106 Å². The first-order valence-electron chi connectivity index (χ1n) is 11.2. The lowest BCUT2D eigenvalue weighted by Gasteiger charge is -2.35. The van der Waals surface area contributed by atoms with Crippen molar-refractivity contribution >= 4 is 15.9 Å². The van der Waals surface area contributed by atoms with Crippen LogP contribution in [0.2, 0.25) is 0 Å². The van der Waals surface area contributed by atoms with E-state index in [4.69, 9.17) is 14.2 Å². The maximum atomic E-state index is 13.1. The molecule has 0 saturated carbocycles. The van der Waals surface area contributed by atoms with E-state index >= 15 is 0 Å². The second-order valence-corrected chi connectivity index (χ2v) is 9.73. The third-order valence-corrected chi connectivity index (χ3v) is 7.38. The van der Waals surface area contributed by atoms with Crippen LogP contribution in [-0.4, -0.2) is 72.8 Å². The van der Waals surface area contributed by atoms with Gasteiger partial charge in [-0.2, -0.15) is 0 Å². The Morgan fingerprint density at radius 1 is 1.09 bits per heavy atom. The van der Waals surface area contributed by atoms with Crippen LogP contribution in [0.5, 0.6) is 11.5 Å². The fourth-order valence-electron chi connectivity index (χ4n) is 3.98. The Balaban J connectivity index is 1.85. The lowest BCUT2D eigenvalue weighted by Crippen LogP contribution is -2.44. The number of benzene rings is 2. The minimum Gasteiger partial charge on any atom is -0.493 e. The standard InChI is InChI=1S/C24H33N3O6S/c1-5-26-34(29,30)19-8-6-17(2)20(15-19)24(28)25-16-21(27-10-12-33-13-11-27)18-7-9-22(31-3)23(14-18)32-4/h6-9,14-15,21,26H,5,10-13,16H2,1-4H3,(H,25,28). The SMILES string of the molecule is CCNS(=O)(=O)c1ccc(C)c(C(=O)NCC(c2ccc(OC)c(OC)c2)N2CCOCC2)c1. The molecule has 0 radical (unpaired) electrons. The number of sulfonamides is 1. The minimum absolute atomic E-state index is 0.0646. The number of morpholine rings is 1. The molecular formula is C24H33N3O6S. The van der Waals surface area contributed by atoms with E-state index in [1.165, 1.54) is 12.1 Å². The van der Waals surface area contributed by atoms with Gasteiger partial charge in [0.1, 0.15) is 0 Å². The number of nitrogens with one attached hydrogen (secondary N) is 2. The summed E-state index contributed by atoms with van der Waals surface area (Å²) in [5, 5.41) is 3.00. The summed E-state index contributed by atoms with van der Waals surface area (Å²) in [7, 11) is -0.492. The van der Waals surface area contributed by atoms with Crippen molar-refractivity contribution in [2.45, 2.75) is 24.8 Å². The quantitative estimate of drug-likeness (QED) is 0.524. The van der Waals surface area contributed by atoms with Gasteiger partial charge in [-0.25, -0.2) is 13.1 Å². The molecule has 2 N–H and O–H groups in total. The number of amides is 1. The van der Waals surface area contributed by atoms with Crippen molar-refractivity contribution in [3.8, 4) is 11.5 Å². The molecule has 1 unspecified atom stereocenters. The first-order valence-corrected chi connectivity index (χ1v) is 12.7. The summed E-state index contributed by atoms with van der Waals surface area (Å²) < 4.78 is 43.6. The van der Waals surface area contributed by atoms with Crippen molar-refractivity contribution in [2.24, 2.45) is 0 Å². The van der Waals surface area contributed by atoms with Crippen LogP contribution in [0, 0.1) is 6.92 Å². The highest BCUT2D eigenvalue weighted by molar-refractivity contribution is 7.89. The van der Waals surface area contributed by atoms with Gasteiger partial charge in [-0.15, -0.1) is 0 Å². The molecule has 2 aromatic carbocycles. The number of nitrogens with zero attached hydrogens (tertiary/aromatic N) is 1. The molecule has 0 bridgehead atoms. The van der Waals surface area contributed by atoms with Gasteiger partial charge < -0.3 is 19.5 Å². The predicted molar refractivity (Wildman–Crippen MR) is 129 cm³/mol. The largest absolute Gasteiger partial charge is 0.493 e. The lowest BCUT2D eigenvalue weighted by molar-refractivity contribution is 0.0162. The molecule has 1 amide bonds. The van der Waals surface area contributed by atoms with Crippen LogP contribution in [0.1, 0.15) is 34.5 Å². The fourth-order valence-corrected chi connectivity index (χ4v) is 5.04. The summed E-state index contributed by atoms with van der Waals surface area (Å²) in [5.74, 6) is 0.914. The van der Waals surface area contributed by atoms with Gasteiger partial charge in [-0.05, 0) is 42.3 Å². The van der Waals surface area contributed by atoms with E-state index in [1.54, 1.807) is 34.1 Å². The Morgan fingerprint density at radius 2 is 1.79 bits per heavy atom. The van der Waals surface area contributed by atoms with Gasteiger partial charge in [0.05, 0.1) is 38.4 Å². The Hall–Kier alpha value is -2.66. The van der Waals surface area contributed by atoms with Crippen LogP contribution in [-0.2, 0) is 14.8 Å². The van der Waals surface area contributed by atoms with Crippen molar-refractivity contribution in [1.29, 1.82) is 0 Å². The average Bonchev–Trinajstić information content (AvgIpc) is 2.84. The molecule has 2 aromatic rings. The maximum Gasteiger partial charge on any atom is 0.251 e. The first kappa shape index (κ1) is 26.0. The third-order valence-electron chi connectivity index (χ3n) is 5.83. The first-order chi connectivity index (χ1) is 16.3. The molecule has 1 heterocycles. The van der Waals surface area contributed by atoms with Crippen LogP contribution in [0.15, 0.2) is 41.3 Å². The van der Waals surface area contributed by atoms with Crippen LogP contribution >= 0.6 is 0 Å². The highest BCUT2D eigenvalue weighted by atomic mass is 32.2. The Kier molecular flexibility index (Phi) is 8.90. The van der Waals surface area contributed by atoms with E-state index in [-0.39, 0.29) is 23.4 Å². The molecule has 9 nitrogen and oxygen atoms in total. The zero-order chi connectivity index (χ0) is 24.7. The van der Waals surface area contributed by atoms with Gasteiger partial charge in [0.2, 0.25) is 10.0 Å². The normalized spacial score (nSPS) is 15.5. The van der Waals surface area contributed by atoms with Crippen LogP contribution < -0.4 is 19.5 Å². The molecular weight excluding hydrogens is 458 g/mol. The zero-order valence-corrected chi connectivity index (χ0v) is 20.9. The third kappa shape index (κ3) is 6.06. The molecule has 34 heavy (non-hydrogen) atoms. The van der Waals surface area contributed by atoms with Gasteiger partial charge in [0, 0.05) is 31.7 Å². The van der Waals surface area contributed by atoms with Crippen molar-refractivity contribution < 1.29 is 27.4 Å². The minimum atomic E-state index is -3.67. The number of ether oxygens (including phenoxy) is 3. The number of methoxy groups -OCH3 is 2. The van der Waals surface area contributed by atoms with Crippen LogP contribution in [0.3, 0.4) is 0 Å². The van der Waals surface area contributed by atoms with Crippen molar-refractivity contribution in [1.82, 2.24) is 14.9 Å². The molecule has 0 aromatic heterocycles. The second-order valence-electron chi connectivity index (χ2n) is 7.97. The smallest absolute Gasteiger partial charge is 0.251 e. The fraction of sp³-hybridized carbons (Fsp3) is 0.458. The zero-order valence-electron chi connectivity index (χ0n) is 20.1. The van der Waals surface area contributed by atoms with Gasteiger partial charge in [0.25, 0.3) is 5.91 Å². The van der Waals surface area contributed by atoms with Crippen molar-refractivity contribution in [2.75, 3.05) is 53.6 Å². The molecule has 1 atom stereocenters. The molecule has 1 aliphatic heterocycles. The van der Waals surface area contributed by atoms with E-state index in [0.29, 0.717) is 42.4 Å². The Morgan fingerprint density at radius 3 is 2.44 bits per heavy atom. The summed E-state index contributed by atoms with van der Waals surface area (Å²) in [5.41, 5.74) is 1.99. The van der Waals surface area contributed by atoms with Gasteiger partial charge in [-0.3, -0.25) is 9.69 Å². The van der Waals surface area contributed by atoms with E-state index in [9.17, 15) is 13.2 Å². The van der Waals surface area contributed by atoms with Gasteiger partial charge in [-0.1, -0.05) is 19.1 Å². The summed E-state index contributed by atoms with van der Waals surface area (Å²) >= 11 is 0. The highest BCUT2D eigenvalue weighted by Crippen LogP contribution is 2.32. The number of carbonyl (C=O) groups is 1. The number of aryl methyl sites for hydroxylation is 1. The number of rotatable bonds is 10. The Labute approximate surface area is 201 Å². The van der Waals surface area contributed by atoms with Crippen molar-refractivity contribution in [3.63, 3.8) is 0 Å². The van der Waals surface area contributed by atoms with E-state index in [1.807, 2.05) is 18.2 Å². The summed E-state index contributed by atoms with van der Waals surface area (Å²) in [6.07, 6.45) is 0. The van der Waals surface area contributed by atoms with Gasteiger partial charge >= 0.3 is 0 Å². The number of hydrogen-bond acceptors (Lipinski definition) is 7. The van der Waals surface area contributed by atoms with Crippen LogP contribution in [0.4, 0.5) is 0 Å². The monoisotopic (exact) mass is 491 g/mol. The molecule has 1 fully saturated rings. The second kappa shape index (κ2) is 11.7. The average molecular weight is 492 g/mol. The van der Waals surface area contributed by atoms with Gasteiger partial charge in [0.15, 0.2) is 11.5 Å². The molecule has 3 rings (SSSR count). The summed E-state index contributed by atoms with van der Waals surface area (Å²) in [6, 6.07) is 10.2. The molecule has 0 spiro atoms. The number of carbonyl (C=O) groups excluding carboxylic acids is 1. The highest BCUT2D eigenvalue weighted by Gasteiger charge is 2.25. The molecule has 1 aliphatic rings. The lowest BCUT2D eigenvalue weighted by atomic mass is 10.0. The van der Waals surface area contributed by atoms with E-state index in [2.05, 4.69) is 14.9 Å². The predicted octanol–water partition coefficient (Wildman–Crippen LogP) is 2.11. The molecule has 1 saturated heterocycles.